The molecule has 0 radical (unpaired) electrons. The van der Waals surface area contributed by atoms with E-state index in [2.05, 4.69) is 20.7 Å². The Hall–Kier alpha value is -0.538. The van der Waals surface area contributed by atoms with Crippen molar-refractivity contribution in [2.75, 3.05) is 0 Å². The number of esters is 2. The van der Waals surface area contributed by atoms with Gasteiger partial charge < -0.3 is 42.0 Å². The van der Waals surface area contributed by atoms with Crippen LogP contribution < -0.4 is 37.2 Å². The monoisotopic (exact) mass is 436 g/mol. The van der Waals surface area contributed by atoms with Crippen LogP contribution in [0.15, 0.2) is 59.1 Å². The summed E-state index contributed by atoms with van der Waals surface area (Å²) in [6.45, 7) is 0. The van der Waals surface area contributed by atoms with Crippen molar-refractivity contribution in [1.29, 1.82) is 0 Å². The summed E-state index contributed by atoms with van der Waals surface area (Å²) in [6.07, 6.45) is 0. The van der Waals surface area contributed by atoms with Crippen LogP contribution in [0, 0.1) is 0 Å². The van der Waals surface area contributed by atoms with Crippen LogP contribution >= 0.6 is 15.9 Å². The number of halogens is 4. The maximum atomic E-state index is 10.8. The van der Waals surface area contributed by atoms with E-state index in [1.807, 2.05) is 30.3 Å². The Morgan fingerprint density at radius 1 is 0.682 bits per heavy atom. The Kier molecular flexibility index (Phi) is 15.5. The summed E-state index contributed by atoms with van der Waals surface area (Å²) in [6, 6.07) is 16.5. The average Bonchev–Trinajstić information content (AvgIpc) is 2.68. The van der Waals surface area contributed by atoms with Gasteiger partial charge >= 0.3 is 29.3 Å². The van der Waals surface area contributed by atoms with Gasteiger partial charge in [0.05, 0.1) is 11.1 Å². The maximum absolute atomic E-state index is 10.8. The Morgan fingerprint density at radius 3 is 1.36 bits per heavy atom. The van der Waals surface area contributed by atoms with E-state index in [0.717, 1.165) is 4.47 Å². The summed E-state index contributed by atoms with van der Waals surface area (Å²) in [5.74, 6) is -1.10. The fraction of sp³-hybridized carbons (Fsp3) is 0. The minimum atomic E-state index is -0.550. The third-order valence-corrected chi connectivity index (χ3v) is 2.81. The number of benzene rings is 2. The first-order chi connectivity index (χ1) is 8.68. The largest absolute Gasteiger partial charge is 3.00 e. The van der Waals surface area contributed by atoms with Crippen LogP contribution in [0.25, 0.3) is 0 Å². The summed E-state index contributed by atoms with van der Waals surface area (Å²) in [5.41, 5.74) is 0.718. The van der Waals surface area contributed by atoms with Gasteiger partial charge in [-0.3, -0.25) is 0 Å². The molecule has 0 N–H and O–H groups in total. The second-order valence-electron chi connectivity index (χ2n) is 3.52. The van der Waals surface area contributed by atoms with E-state index in [4.69, 9.17) is 0 Å². The SMILES string of the molecule is Brc1ccccc1.O=C1OC(=O)c2ccccc21.[Al+3].[Cl-].[Cl-].[Cl-]. The predicted molar refractivity (Wildman–Crippen MR) is 76.1 cm³/mol. The van der Waals surface area contributed by atoms with Crippen molar-refractivity contribution in [2.45, 2.75) is 0 Å². The molecule has 22 heavy (non-hydrogen) atoms. The first-order valence-electron chi connectivity index (χ1n) is 5.24. The fourth-order valence-corrected chi connectivity index (χ4v) is 1.75. The topological polar surface area (TPSA) is 43.4 Å². The van der Waals surface area contributed by atoms with Gasteiger partial charge in [0.1, 0.15) is 0 Å². The Labute approximate surface area is 166 Å². The van der Waals surface area contributed by atoms with Gasteiger partial charge in [-0.2, -0.15) is 0 Å². The minimum absolute atomic E-state index is 0. The van der Waals surface area contributed by atoms with E-state index in [0.29, 0.717) is 11.1 Å². The quantitative estimate of drug-likeness (QED) is 0.234. The number of fused-ring (bicyclic) bond motifs is 1. The number of carbonyl (C=O) groups is 2. The number of ether oxygens (including phenoxy) is 1. The molecule has 3 nitrogen and oxygen atoms in total. The normalized spacial score (nSPS) is 10.0. The molecular formula is C14H9AlBrCl3O3. The average molecular weight is 438 g/mol. The van der Waals surface area contributed by atoms with Crippen LogP contribution in [0.3, 0.4) is 0 Å². The van der Waals surface area contributed by atoms with Gasteiger partial charge in [-0.25, -0.2) is 9.59 Å². The molecule has 0 aromatic heterocycles. The molecule has 0 amide bonds. The molecule has 0 saturated carbocycles. The summed E-state index contributed by atoms with van der Waals surface area (Å²) < 4.78 is 5.49. The van der Waals surface area contributed by atoms with E-state index in [1.54, 1.807) is 24.3 Å². The molecule has 1 aliphatic heterocycles. The molecular weight excluding hydrogens is 429 g/mol. The molecule has 0 saturated heterocycles. The van der Waals surface area contributed by atoms with Crippen LogP contribution in [0.4, 0.5) is 0 Å². The molecule has 114 valence electrons. The summed E-state index contributed by atoms with van der Waals surface area (Å²) in [7, 11) is 0. The second kappa shape index (κ2) is 13.0. The van der Waals surface area contributed by atoms with Gasteiger partial charge in [-0.05, 0) is 24.3 Å². The molecule has 1 aliphatic rings. The zero-order valence-electron chi connectivity index (χ0n) is 11.0. The van der Waals surface area contributed by atoms with Gasteiger partial charge in [0.15, 0.2) is 0 Å². The molecule has 2 aromatic carbocycles. The van der Waals surface area contributed by atoms with Crippen molar-refractivity contribution in [3.8, 4) is 0 Å². The van der Waals surface area contributed by atoms with Crippen molar-refractivity contribution in [3.63, 3.8) is 0 Å². The van der Waals surface area contributed by atoms with Gasteiger partial charge in [0, 0.05) is 4.47 Å². The van der Waals surface area contributed by atoms with Gasteiger partial charge in [0.2, 0.25) is 0 Å². The number of hydrogen-bond donors (Lipinski definition) is 0. The third kappa shape index (κ3) is 7.15. The number of carbonyl (C=O) groups excluding carboxylic acids is 2. The van der Waals surface area contributed by atoms with Crippen molar-refractivity contribution in [3.05, 3.63) is 70.2 Å². The third-order valence-electron chi connectivity index (χ3n) is 2.29. The van der Waals surface area contributed by atoms with Crippen molar-refractivity contribution in [1.82, 2.24) is 0 Å². The van der Waals surface area contributed by atoms with Crippen LogP contribution in [0.5, 0.6) is 0 Å². The Morgan fingerprint density at radius 2 is 1.05 bits per heavy atom. The van der Waals surface area contributed by atoms with Gasteiger partial charge in [-0.1, -0.05) is 46.3 Å². The van der Waals surface area contributed by atoms with Gasteiger partial charge in [-0.15, -0.1) is 0 Å². The standard InChI is InChI=1S/C8H4O3.C6H5Br.Al.3ClH/c9-7-5-3-1-2-4-6(5)8(10)11-7;7-6-4-2-1-3-5-6;;;;/h1-4H;1-5H;;3*1H/q;;+3;;;/p-3. The van der Waals surface area contributed by atoms with Crippen LogP contribution in [0.2, 0.25) is 0 Å². The molecule has 2 aromatic rings. The first kappa shape index (κ1) is 26.4. The van der Waals surface area contributed by atoms with Crippen LogP contribution in [-0.2, 0) is 4.74 Å². The molecule has 0 spiro atoms. The zero-order chi connectivity index (χ0) is 13.0. The zero-order valence-corrected chi connectivity index (χ0v) is 16.0. The minimum Gasteiger partial charge on any atom is -1.00 e. The number of hydrogen-bond acceptors (Lipinski definition) is 3. The van der Waals surface area contributed by atoms with E-state index >= 15 is 0 Å². The summed E-state index contributed by atoms with van der Waals surface area (Å²) >= 11 is 3.31. The molecule has 1 heterocycles. The van der Waals surface area contributed by atoms with Gasteiger partial charge in [0.25, 0.3) is 0 Å². The van der Waals surface area contributed by atoms with E-state index in [1.165, 1.54) is 0 Å². The molecule has 0 unspecified atom stereocenters. The molecule has 0 atom stereocenters. The molecule has 3 rings (SSSR count). The van der Waals surface area contributed by atoms with E-state index < -0.39 is 11.9 Å². The smallest absolute Gasteiger partial charge is 1.00 e. The van der Waals surface area contributed by atoms with Crippen molar-refractivity contribution in [2.24, 2.45) is 0 Å². The second-order valence-corrected chi connectivity index (χ2v) is 4.43. The Balaban J connectivity index is -0.000000296. The van der Waals surface area contributed by atoms with E-state index in [-0.39, 0.29) is 54.6 Å². The Bertz CT molecular complexity index is 564. The fourth-order valence-electron chi connectivity index (χ4n) is 1.45. The van der Waals surface area contributed by atoms with Crippen LogP contribution in [-0.4, -0.2) is 29.3 Å². The number of cyclic esters (lactones) is 2. The summed E-state index contributed by atoms with van der Waals surface area (Å²) in [4.78, 5) is 21.7. The van der Waals surface area contributed by atoms with Crippen LogP contribution in [0.1, 0.15) is 20.7 Å². The number of rotatable bonds is 0. The summed E-state index contributed by atoms with van der Waals surface area (Å²) in [5, 5.41) is 0. The molecule has 0 aliphatic carbocycles. The molecule has 0 fully saturated rings. The molecule has 0 bridgehead atoms. The van der Waals surface area contributed by atoms with Crippen molar-refractivity contribution >= 4 is 45.2 Å². The van der Waals surface area contributed by atoms with Crippen molar-refractivity contribution < 1.29 is 51.5 Å². The maximum Gasteiger partial charge on any atom is 3.00 e. The molecule has 8 heteroatoms. The van der Waals surface area contributed by atoms with E-state index in [9.17, 15) is 9.59 Å². The predicted octanol–water partition coefficient (Wildman–Crippen LogP) is -5.92. The first-order valence-corrected chi connectivity index (χ1v) is 6.04.